The highest BCUT2D eigenvalue weighted by atomic mass is 16.5. The van der Waals surface area contributed by atoms with Crippen LogP contribution in [-0.4, -0.2) is 32.3 Å². The summed E-state index contributed by atoms with van der Waals surface area (Å²) in [7, 11) is 3.11. The fourth-order valence-electron chi connectivity index (χ4n) is 1.37. The number of methoxy groups -OCH3 is 2. The zero-order chi connectivity index (χ0) is 14.5. The molecule has 0 aromatic heterocycles. The van der Waals surface area contributed by atoms with Gasteiger partial charge in [0.1, 0.15) is 18.1 Å². The number of ether oxygens (including phenoxy) is 3. The second-order valence-corrected chi connectivity index (χ2v) is 5.02. The molecule has 5 heteroatoms. The van der Waals surface area contributed by atoms with Crippen molar-refractivity contribution in [3.8, 4) is 11.5 Å². The second-order valence-electron chi connectivity index (χ2n) is 5.02. The Bertz CT molecular complexity index is 438. The van der Waals surface area contributed by atoms with Gasteiger partial charge < -0.3 is 19.5 Å². The quantitative estimate of drug-likeness (QED) is 0.890. The maximum absolute atomic E-state index is 11.8. The second kappa shape index (κ2) is 6.43. The third kappa shape index (κ3) is 5.18. The van der Waals surface area contributed by atoms with Crippen molar-refractivity contribution >= 4 is 11.6 Å². The zero-order valence-electron chi connectivity index (χ0n) is 12.1. The molecule has 0 spiro atoms. The number of rotatable bonds is 5. The maximum atomic E-state index is 11.8. The van der Waals surface area contributed by atoms with Crippen molar-refractivity contribution in [2.24, 2.45) is 0 Å². The summed E-state index contributed by atoms with van der Waals surface area (Å²) in [5, 5.41) is 2.74. The van der Waals surface area contributed by atoms with Crippen LogP contribution in [0.2, 0.25) is 0 Å². The minimum absolute atomic E-state index is 0.00131. The summed E-state index contributed by atoms with van der Waals surface area (Å²) in [5.41, 5.74) is 0.243. The van der Waals surface area contributed by atoms with Crippen molar-refractivity contribution < 1.29 is 19.0 Å². The summed E-state index contributed by atoms with van der Waals surface area (Å²) < 4.78 is 15.7. The first kappa shape index (κ1) is 15.3. The van der Waals surface area contributed by atoms with Gasteiger partial charge in [-0.2, -0.15) is 0 Å². The van der Waals surface area contributed by atoms with E-state index in [1.54, 1.807) is 25.3 Å². The molecule has 0 aliphatic heterocycles. The first-order valence-electron chi connectivity index (χ1n) is 6.01. The van der Waals surface area contributed by atoms with E-state index in [0.29, 0.717) is 17.2 Å². The minimum atomic E-state index is -0.346. The van der Waals surface area contributed by atoms with E-state index >= 15 is 0 Å². The highest BCUT2D eigenvalue weighted by Crippen LogP contribution is 2.28. The van der Waals surface area contributed by atoms with Gasteiger partial charge in [0.05, 0.1) is 25.5 Å². The number of carbonyl (C=O) groups is 1. The highest BCUT2D eigenvalue weighted by molar-refractivity contribution is 5.93. The van der Waals surface area contributed by atoms with E-state index in [1.165, 1.54) is 7.11 Å². The Kier molecular flexibility index (Phi) is 5.18. The van der Waals surface area contributed by atoms with E-state index in [1.807, 2.05) is 20.8 Å². The molecule has 0 atom stereocenters. The van der Waals surface area contributed by atoms with E-state index in [0.717, 1.165) is 0 Å². The molecule has 1 aromatic rings. The molecule has 106 valence electrons. The van der Waals surface area contributed by atoms with E-state index in [-0.39, 0.29) is 18.1 Å². The van der Waals surface area contributed by atoms with Crippen LogP contribution in [0.3, 0.4) is 0 Å². The fraction of sp³-hybridized carbons (Fsp3) is 0.500. The summed E-state index contributed by atoms with van der Waals surface area (Å²) in [6, 6.07) is 5.19. The molecule has 1 N–H and O–H groups in total. The third-order valence-electron chi connectivity index (χ3n) is 2.32. The lowest BCUT2D eigenvalue weighted by Gasteiger charge is -2.19. The number of nitrogens with one attached hydrogen (secondary N) is 1. The highest BCUT2D eigenvalue weighted by Gasteiger charge is 2.14. The predicted octanol–water partition coefficient (Wildman–Crippen LogP) is 2.46. The van der Waals surface area contributed by atoms with Crippen molar-refractivity contribution in [3.05, 3.63) is 18.2 Å². The number of anilines is 1. The molecular formula is C14H21NO4. The molecule has 0 aliphatic rings. The number of benzene rings is 1. The minimum Gasteiger partial charge on any atom is -0.497 e. The van der Waals surface area contributed by atoms with Crippen LogP contribution in [0, 0.1) is 0 Å². The fourth-order valence-corrected chi connectivity index (χ4v) is 1.37. The average molecular weight is 267 g/mol. The van der Waals surface area contributed by atoms with Crippen LogP contribution in [0.15, 0.2) is 18.2 Å². The molecule has 0 fully saturated rings. The first-order chi connectivity index (χ1) is 8.85. The summed E-state index contributed by atoms with van der Waals surface area (Å²) >= 11 is 0. The molecule has 0 bridgehead atoms. The van der Waals surface area contributed by atoms with Gasteiger partial charge in [0.2, 0.25) is 5.91 Å². The Balaban J connectivity index is 2.68. The van der Waals surface area contributed by atoms with Gasteiger partial charge in [0.15, 0.2) is 0 Å². The molecule has 1 amide bonds. The van der Waals surface area contributed by atoms with Gasteiger partial charge in [-0.1, -0.05) is 0 Å². The van der Waals surface area contributed by atoms with E-state index in [2.05, 4.69) is 5.32 Å². The molecule has 19 heavy (non-hydrogen) atoms. The van der Waals surface area contributed by atoms with Crippen LogP contribution in [0.1, 0.15) is 20.8 Å². The van der Waals surface area contributed by atoms with Crippen molar-refractivity contribution in [1.82, 2.24) is 0 Å². The smallest absolute Gasteiger partial charge is 0.250 e. The number of hydrogen-bond donors (Lipinski definition) is 1. The molecule has 0 saturated carbocycles. The molecule has 0 aliphatic carbocycles. The van der Waals surface area contributed by atoms with Crippen LogP contribution in [0.4, 0.5) is 5.69 Å². The zero-order valence-corrected chi connectivity index (χ0v) is 12.1. The number of amides is 1. The number of carbonyl (C=O) groups excluding carboxylic acids is 1. The van der Waals surface area contributed by atoms with Crippen molar-refractivity contribution in [3.63, 3.8) is 0 Å². The Morgan fingerprint density at radius 3 is 2.42 bits per heavy atom. The summed E-state index contributed by atoms with van der Waals surface area (Å²) in [4.78, 5) is 11.8. The topological polar surface area (TPSA) is 56.8 Å². The Labute approximate surface area is 113 Å². The first-order valence-corrected chi connectivity index (χ1v) is 6.01. The standard InChI is InChI=1S/C14H21NO4/c1-14(2,3)19-9-13(16)15-11-7-6-10(17-4)8-12(11)18-5/h6-8H,9H2,1-5H3,(H,15,16). The van der Waals surface area contributed by atoms with Crippen LogP contribution in [0.25, 0.3) is 0 Å². The van der Waals surface area contributed by atoms with Crippen LogP contribution >= 0.6 is 0 Å². The molecular weight excluding hydrogens is 246 g/mol. The van der Waals surface area contributed by atoms with Crippen LogP contribution < -0.4 is 14.8 Å². The van der Waals surface area contributed by atoms with Gasteiger partial charge in [-0.3, -0.25) is 4.79 Å². The SMILES string of the molecule is COc1ccc(NC(=O)COC(C)(C)C)c(OC)c1. The van der Waals surface area contributed by atoms with Gasteiger partial charge in [-0.15, -0.1) is 0 Å². The molecule has 0 unspecified atom stereocenters. The molecule has 5 nitrogen and oxygen atoms in total. The van der Waals surface area contributed by atoms with Gasteiger partial charge in [0.25, 0.3) is 0 Å². The van der Waals surface area contributed by atoms with Crippen LogP contribution in [-0.2, 0) is 9.53 Å². The van der Waals surface area contributed by atoms with Gasteiger partial charge in [0, 0.05) is 6.07 Å². The summed E-state index contributed by atoms with van der Waals surface area (Å²) in [5.74, 6) is 0.989. The van der Waals surface area contributed by atoms with Crippen molar-refractivity contribution in [2.75, 3.05) is 26.1 Å². The normalized spacial score (nSPS) is 11.0. The lowest BCUT2D eigenvalue weighted by atomic mass is 10.2. The maximum Gasteiger partial charge on any atom is 0.250 e. The third-order valence-corrected chi connectivity index (χ3v) is 2.32. The van der Waals surface area contributed by atoms with Crippen LogP contribution in [0.5, 0.6) is 11.5 Å². The Morgan fingerprint density at radius 1 is 1.21 bits per heavy atom. The lowest BCUT2D eigenvalue weighted by molar-refractivity contribution is -0.125. The Morgan fingerprint density at radius 2 is 1.89 bits per heavy atom. The van der Waals surface area contributed by atoms with Crippen molar-refractivity contribution in [1.29, 1.82) is 0 Å². The molecule has 0 radical (unpaired) electrons. The molecule has 1 rings (SSSR count). The lowest BCUT2D eigenvalue weighted by Crippen LogP contribution is -2.27. The molecule has 0 heterocycles. The summed E-state index contributed by atoms with van der Waals surface area (Å²) in [6.07, 6.45) is 0. The average Bonchev–Trinajstić information content (AvgIpc) is 2.36. The predicted molar refractivity (Wildman–Crippen MR) is 73.9 cm³/mol. The van der Waals surface area contributed by atoms with Crippen molar-refractivity contribution in [2.45, 2.75) is 26.4 Å². The van der Waals surface area contributed by atoms with E-state index in [4.69, 9.17) is 14.2 Å². The van der Waals surface area contributed by atoms with Gasteiger partial charge in [-0.05, 0) is 32.9 Å². The van der Waals surface area contributed by atoms with Gasteiger partial charge in [-0.25, -0.2) is 0 Å². The van der Waals surface area contributed by atoms with E-state index < -0.39 is 0 Å². The van der Waals surface area contributed by atoms with E-state index in [9.17, 15) is 4.79 Å². The monoisotopic (exact) mass is 267 g/mol. The largest absolute Gasteiger partial charge is 0.497 e. The van der Waals surface area contributed by atoms with Gasteiger partial charge >= 0.3 is 0 Å². The number of hydrogen-bond acceptors (Lipinski definition) is 4. The Hall–Kier alpha value is -1.75. The summed E-state index contributed by atoms with van der Waals surface area (Å²) in [6.45, 7) is 5.69. The molecule has 1 aromatic carbocycles. The molecule has 0 saturated heterocycles.